The second kappa shape index (κ2) is 9.42. The molecule has 1 aliphatic rings. The first-order valence-electron chi connectivity index (χ1n) is 9.16. The van der Waals surface area contributed by atoms with E-state index in [1.165, 1.54) is 4.90 Å². The molecule has 1 fully saturated rings. The van der Waals surface area contributed by atoms with Gasteiger partial charge in [0.1, 0.15) is 24.3 Å². The van der Waals surface area contributed by atoms with E-state index < -0.39 is 41.2 Å². The average molecular weight is 445 g/mol. The summed E-state index contributed by atoms with van der Waals surface area (Å²) in [6, 6.07) is 4.90. The molecule has 0 aromatic heterocycles. The van der Waals surface area contributed by atoms with Crippen molar-refractivity contribution >= 4 is 12.0 Å². The first kappa shape index (κ1) is 22.7. The number of rotatable bonds is 5. The Morgan fingerprint density at radius 3 is 2.58 bits per heavy atom. The zero-order valence-electron chi connectivity index (χ0n) is 16.0. The molecule has 1 heterocycles. The fourth-order valence-electron chi connectivity index (χ4n) is 2.98. The molecule has 0 aliphatic carbocycles. The molecule has 31 heavy (non-hydrogen) atoms. The number of halogens is 6. The van der Waals surface area contributed by atoms with Gasteiger partial charge in [0.15, 0.2) is 11.6 Å². The maximum Gasteiger partial charge on any atom is 0.417 e. The van der Waals surface area contributed by atoms with Crippen LogP contribution in [0.25, 0.3) is 6.08 Å². The fourth-order valence-corrected chi connectivity index (χ4v) is 2.98. The summed E-state index contributed by atoms with van der Waals surface area (Å²) in [4.78, 5) is 13.7. The summed E-state index contributed by atoms with van der Waals surface area (Å²) in [5.74, 6) is -3.36. The highest BCUT2D eigenvalue weighted by atomic mass is 19.4. The lowest BCUT2D eigenvalue weighted by Crippen LogP contribution is -2.47. The normalized spacial score (nSPS) is 17.2. The van der Waals surface area contributed by atoms with Gasteiger partial charge in [-0.25, -0.2) is 13.2 Å². The molecule has 2 aromatic carbocycles. The van der Waals surface area contributed by atoms with Gasteiger partial charge in [0.05, 0.1) is 18.7 Å². The number of amides is 1. The van der Waals surface area contributed by atoms with Crippen molar-refractivity contribution in [1.82, 2.24) is 4.90 Å². The largest absolute Gasteiger partial charge is 0.488 e. The van der Waals surface area contributed by atoms with E-state index in [2.05, 4.69) is 0 Å². The second-order valence-corrected chi connectivity index (χ2v) is 6.73. The minimum Gasteiger partial charge on any atom is -0.488 e. The Hall–Kier alpha value is -3.01. The lowest BCUT2D eigenvalue weighted by atomic mass is 10.1. The quantitative estimate of drug-likeness (QED) is 0.505. The third-order valence-electron chi connectivity index (χ3n) is 4.49. The van der Waals surface area contributed by atoms with Gasteiger partial charge in [-0.15, -0.1) is 0 Å². The monoisotopic (exact) mass is 445 g/mol. The van der Waals surface area contributed by atoms with E-state index in [1.807, 2.05) is 0 Å². The maximum absolute atomic E-state index is 13.6. The van der Waals surface area contributed by atoms with E-state index in [9.17, 15) is 31.1 Å². The zero-order chi connectivity index (χ0) is 22.6. The van der Waals surface area contributed by atoms with Crippen molar-refractivity contribution in [1.29, 1.82) is 0 Å². The number of morpholine rings is 1. The fraction of sp³-hybridized carbons (Fsp3) is 0.286. The zero-order valence-corrected chi connectivity index (χ0v) is 16.0. The van der Waals surface area contributed by atoms with Crippen molar-refractivity contribution in [2.45, 2.75) is 12.3 Å². The first-order valence-corrected chi connectivity index (χ1v) is 9.16. The minimum absolute atomic E-state index is 0.0374. The second-order valence-electron chi connectivity index (χ2n) is 6.73. The van der Waals surface area contributed by atoms with Crippen LogP contribution in [0.15, 0.2) is 42.5 Å². The number of alkyl halides is 3. The number of carbonyl (C=O) groups is 1. The summed E-state index contributed by atoms with van der Waals surface area (Å²) in [7, 11) is 0. The third kappa shape index (κ3) is 6.00. The molecular formula is C21H17F6NO3. The third-order valence-corrected chi connectivity index (χ3v) is 4.49. The van der Waals surface area contributed by atoms with E-state index in [0.717, 1.165) is 42.5 Å². The Morgan fingerprint density at radius 1 is 1.13 bits per heavy atom. The maximum atomic E-state index is 13.6. The summed E-state index contributed by atoms with van der Waals surface area (Å²) in [6.07, 6.45) is -3.50. The molecule has 10 heteroatoms. The van der Waals surface area contributed by atoms with Crippen LogP contribution < -0.4 is 4.74 Å². The molecule has 166 valence electrons. The molecule has 0 radical (unpaired) electrons. The van der Waals surface area contributed by atoms with Crippen LogP contribution >= 0.6 is 0 Å². The lowest BCUT2D eigenvalue weighted by Gasteiger charge is -2.32. The van der Waals surface area contributed by atoms with E-state index in [-0.39, 0.29) is 37.6 Å². The Morgan fingerprint density at radius 2 is 1.84 bits per heavy atom. The van der Waals surface area contributed by atoms with E-state index in [1.54, 1.807) is 0 Å². The highest BCUT2D eigenvalue weighted by Gasteiger charge is 2.33. The van der Waals surface area contributed by atoms with Crippen molar-refractivity contribution in [3.05, 3.63) is 71.1 Å². The van der Waals surface area contributed by atoms with Crippen LogP contribution in [-0.4, -0.2) is 43.2 Å². The summed E-state index contributed by atoms with van der Waals surface area (Å²) < 4.78 is 89.8. The molecule has 0 saturated carbocycles. The molecular weight excluding hydrogens is 428 g/mol. The highest BCUT2D eigenvalue weighted by Crippen LogP contribution is 2.33. The average Bonchev–Trinajstić information content (AvgIpc) is 2.72. The lowest BCUT2D eigenvalue weighted by molar-refractivity contribution is -0.138. The van der Waals surface area contributed by atoms with Crippen molar-refractivity contribution in [3.63, 3.8) is 0 Å². The molecule has 1 aliphatic heterocycles. The van der Waals surface area contributed by atoms with Crippen molar-refractivity contribution < 1.29 is 40.6 Å². The molecule has 0 N–H and O–H groups in total. The highest BCUT2D eigenvalue weighted by molar-refractivity contribution is 5.92. The van der Waals surface area contributed by atoms with Gasteiger partial charge in [-0.05, 0) is 35.9 Å². The Labute approximate surface area is 173 Å². The van der Waals surface area contributed by atoms with Crippen LogP contribution in [0.2, 0.25) is 0 Å². The van der Waals surface area contributed by atoms with Crippen LogP contribution in [0, 0.1) is 17.5 Å². The Balaban J connectivity index is 1.63. The van der Waals surface area contributed by atoms with Crippen LogP contribution in [0.1, 0.15) is 11.1 Å². The van der Waals surface area contributed by atoms with Crippen molar-refractivity contribution in [3.8, 4) is 5.75 Å². The number of benzene rings is 2. The first-order chi connectivity index (χ1) is 14.6. The predicted octanol–water partition coefficient (Wildman–Crippen LogP) is 4.44. The number of hydrogen-bond donors (Lipinski definition) is 0. The summed E-state index contributed by atoms with van der Waals surface area (Å²) in [5.41, 5.74) is -1.54. The predicted molar refractivity (Wildman–Crippen MR) is 98.6 cm³/mol. The smallest absolute Gasteiger partial charge is 0.417 e. The van der Waals surface area contributed by atoms with E-state index in [0.29, 0.717) is 6.07 Å². The van der Waals surface area contributed by atoms with Crippen LogP contribution in [-0.2, 0) is 15.7 Å². The summed E-state index contributed by atoms with van der Waals surface area (Å²) in [5, 5.41) is 0. The molecule has 4 nitrogen and oxygen atoms in total. The minimum atomic E-state index is -4.78. The van der Waals surface area contributed by atoms with Gasteiger partial charge in [-0.2, -0.15) is 13.2 Å². The van der Waals surface area contributed by atoms with Gasteiger partial charge in [0, 0.05) is 18.7 Å². The van der Waals surface area contributed by atoms with Gasteiger partial charge in [-0.3, -0.25) is 4.79 Å². The molecule has 1 unspecified atom stereocenters. The topological polar surface area (TPSA) is 38.8 Å². The Kier molecular flexibility index (Phi) is 6.89. The van der Waals surface area contributed by atoms with Crippen LogP contribution in [0.3, 0.4) is 0 Å². The SMILES string of the molecule is O=C(C=Cc1ccc(F)cc1C(F)(F)F)N1CCOC(COc2cc(F)ccc2F)C1. The molecule has 0 bridgehead atoms. The van der Waals surface area contributed by atoms with Crippen molar-refractivity contribution in [2.75, 3.05) is 26.3 Å². The number of hydrogen-bond acceptors (Lipinski definition) is 3. The molecule has 0 spiro atoms. The standard InChI is InChI=1S/C21H17F6NO3/c22-14-3-1-13(17(9-14)21(25,26)27)2-6-20(29)28-7-8-30-16(11-28)12-31-19-10-15(23)4-5-18(19)24/h1-6,9-10,16H,7-8,11-12H2. The number of ether oxygens (including phenoxy) is 2. The summed E-state index contributed by atoms with van der Waals surface area (Å²) >= 11 is 0. The van der Waals surface area contributed by atoms with Crippen LogP contribution in [0.4, 0.5) is 26.3 Å². The Bertz CT molecular complexity index is 976. The van der Waals surface area contributed by atoms with Gasteiger partial charge in [0.25, 0.3) is 0 Å². The molecule has 1 atom stereocenters. The molecule has 1 saturated heterocycles. The molecule has 2 aromatic rings. The summed E-state index contributed by atoms with van der Waals surface area (Å²) in [6.45, 7) is 0.187. The van der Waals surface area contributed by atoms with Gasteiger partial charge >= 0.3 is 6.18 Å². The molecule has 1 amide bonds. The molecule has 3 rings (SSSR count). The van der Waals surface area contributed by atoms with Gasteiger partial charge in [0.2, 0.25) is 5.91 Å². The van der Waals surface area contributed by atoms with Gasteiger partial charge in [-0.1, -0.05) is 6.07 Å². The van der Waals surface area contributed by atoms with E-state index >= 15 is 0 Å². The van der Waals surface area contributed by atoms with Gasteiger partial charge < -0.3 is 14.4 Å². The number of carbonyl (C=O) groups excluding carboxylic acids is 1. The van der Waals surface area contributed by atoms with Crippen molar-refractivity contribution in [2.24, 2.45) is 0 Å². The number of nitrogens with zero attached hydrogens (tertiary/aromatic N) is 1. The van der Waals surface area contributed by atoms with Crippen LogP contribution in [0.5, 0.6) is 5.75 Å². The van der Waals surface area contributed by atoms with E-state index in [4.69, 9.17) is 9.47 Å².